The summed E-state index contributed by atoms with van der Waals surface area (Å²) in [4.78, 5) is 12.9. The predicted octanol–water partition coefficient (Wildman–Crippen LogP) is 3.08. The molecule has 0 fully saturated rings. The van der Waals surface area contributed by atoms with Crippen LogP contribution in [0.4, 0.5) is 0 Å². The van der Waals surface area contributed by atoms with Crippen LogP contribution in [0.15, 0.2) is 33.5 Å². The molecule has 6 nitrogen and oxygen atoms in total. The summed E-state index contributed by atoms with van der Waals surface area (Å²) in [7, 11) is 0. The van der Waals surface area contributed by atoms with Crippen molar-refractivity contribution >= 4 is 21.9 Å². The van der Waals surface area contributed by atoms with Gasteiger partial charge in [0.25, 0.3) is 0 Å². The van der Waals surface area contributed by atoms with E-state index in [4.69, 9.17) is 9.68 Å². The highest BCUT2D eigenvalue weighted by atomic mass is 16.3. The molecule has 0 bridgehead atoms. The van der Waals surface area contributed by atoms with E-state index in [-0.39, 0.29) is 29.4 Å². The molecule has 3 atom stereocenters. The third-order valence-electron chi connectivity index (χ3n) is 5.19. The molecule has 1 aromatic heterocycles. The van der Waals surface area contributed by atoms with Gasteiger partial charge in [0.1, 0.15) is 22.3 Å². The van der Waals surface area contributed by atoms with Gasteiger partial charge in [-0.05, 0) is 68.5 Å². The maximum Gasteiger partial charge on any atom is 0.204 e. The number of phenols is 1. The predicted molar refractivity (Wildman–Crippen MR) is 106 cm³/mol. The Balaban J connectivity index is 2.06. The number of aryl methyl sites for hydroxylation is 2. The van der Waals surface area contributed by atoms with Crippen LogP contribution >= 0.6 is 0 Å². The topological polar surface area (TPSA) is 115 Å². The number of aliphatic hydroxyl groups excluding tert-OH is 2. The lowest BCUT2D eigenvalue weighted by Crippen LogP contribution is -2.29. The minimum absolute atomic E-state index is 0.110. The minimum Gasteiger partial charge on any atom is -0.507 e. The zero-order chi connectivity index (χ0) is 20.6. The maximum absolute atomic E-state index is 12.9. The van der Waals surface area contributed by atoms with Gasteiger partial charge in [0.2, 0.25) is 5.43 Å². The molecule has 0 aliphatic carbocycles. The fourth-order valence-electron chi connectivity index (χ4n) is 3.57. The van der Waals surface area contributed by atoms with Crippen LogP contribution in [0, 0.1) is 31.1 Å². The molecule has 0 saturated carbocycles. The number of hydrogen-bond acceptors (Lipinski definition) is 6. The van der Waals surface area contributed by atoms with Gasteiger partial charge in [0.15, 0.2) is 0 Å². The molecule has 3 rings (SSSR count). The van der Waals surface area contributed by atoms with Crippen LogP contribution in [0.2, 0.25) is 0 Å². The standard InChI is InChI=1S/C22H23NO5/c1-11-4-5-15-18(8-11)28-19-9-12(2)14(21(26)20(19)22(15)27)6-7-17(25)16(10-23)13(3)24/h4-5,8-9,13,16-17,24-26H,6-7H2,1-3H3. The van der Waals surface area contributed by atoms with Crippen LogP contribution in [0.25, 0.3) is 21.9 Å². The average Bonchev–Trinajstić information content (AvgIpc) is 2.61. The van der Waals surface area contributed by atoms with Gasteiger partial charge >= 0.3 is 0 Å². The summed E-state index contributed by atoms with van der Waals surface area (Å²) in [5, 5.41) is 40.2. The Bertz CT molecular complexity index is 1140. The zero-order valence-electron chi connectivity index (χ0n) is 16.1. The summed E-state index contributed by atoms with van der Waals surface area (Å²) < 4.78 is 5.85. The first-order valence-corrected chi connectivity index (χ1v) is 9.19. The van der Waals surface area contributed by atoms with Crippen molar-refractivity contribution in [1.29, 1.82) is 5.26 Å². The van der Waals surface area contributed by atoms with Crippen molar-refractivity contribution in [2.75, 3.05) is 0 Å². The highest BCUT2D eigenvalue weighted by molar-refractivity contribution is 5.94. The van der Waals surface area contributed by atoms with Crippen molar-refractivity contribution in [2.45, 2.75) is 45.8 Å². The minimum atomic E-state index is -1.05. The van der Waals surface area contributed by atoms with E-state index in [1.807, 2.05) is 19.1 Å². The number of aliphatic hydroxyl groups is 2. The molecular weight excluding hydrogens is 358 g/mol. The number of fused-ring (bicyclic) bond motifs is 2. The van der Waals surface area contributed by atoms with E-state index in [0.29, 0.717) is 22.1 Å². The summed E-state index contributed by atoms with van der Waals surface area (Å²) in [6.07, 6.45) is -1.59. The molecule has 0 spiro atoms. The van der Waals surface area contributed by atoms with Gasteiger partial charge in [-0.1, -0.05) is 6.07 Å². The second-order valence-electron chi connectivity index (χ2n) is 7.33. The van der Waals surface area contributed by atoms with E-state index in [1.165, 1.54) is 6.92 Å². The van der Waals surface area contributed by atoms with Crippen molar-refractivity contribution in [3.63, 3.8) is 0 Å². The Morgan fingerprint density at radius 1 is 1.18 bits per heavy atom. The van der Waals surface area contributed by atoms with Crippen molar-refractivity contribution < 1.29 is 19.7 Å². The van der Waals surface area contributed by atoms with Crippen LogP contribution in [-0.2, 0) is 6.42 Å². The molecule has 6 heteroatoms. The molecule has 3 aromatic rings. The van der Waals surface area contributed by atoms with Crippen LogP contribution in [0.5, 0.6) is 5.75 Å². The third-order valence-corrected chi connectivity index (χ3v) is 5.19. The first-order chi connectivity index (χ1) is 13.2. The number of nitriles is 1. The smallest absolute Gasteiger partial charge is 0.204 e. The fraction of sp³-hybridized carbons (Fsp3) is 0.364. The number of aromatic hydroxyl groups is 1. The SMILES string of the molecule is Cc1ccc2c(=O)c3c(O)c(CCC(O)C(C#N)C(C)O)c(C)cc3oc2c1. The van der Waals surface area contributed by atoms with Gasteiger partial charge in [0.05, 0.1) is 29.6 Å². The highest BCUT2D eigenvalue weighted by Crippen LogP contribution is 2.33. The van der Waals surface area contributed by atoms with Gasteiger partial charge < -0.3 is 19.7 Å². The van der Waals surface area contributed by atoms with Crippen molar-refractivity contribution in [3.8, 4) is 11.8 Å². The van der Waals surface area contributed by atoms with Gasteiger partial charge in [-0.2, -0.15) is 5.26 Å². The molecule has 0 radical (unpaired) electrons. The molecule has 0 aliphatic heterocycles. The normalized spacial score (nSPS) is 14.7. The summed E-state index contributed by atoms with van der Waals surface area (Å²) in [5.41, 5.74) is 2.67. The van der Waals surface area contributed by atoms with Crippen molar-refractivity contribution in [2.24, 2.45) is 5.92 Å². The maximum atomic E-state index is 12.9. The zero-order valence-corrected chi connectivity index (χ0v) is 16.1. The van der Waals surface area contributed by atoms with E-state index >= 15 is 0 Å². The summed E-state index contributed by atoms with van der Waals surface area (Å²) in [6, 6.07) is 8.88. The van der Waals surface area contributed by atoms with Gasteiger partial charge in [-0.15, -0.1) is 0 Å². The van der Waals surface area contributed by atoms with Gasteiger partial charge in [-0.3, -0.25) is 4.79 Å². The number of nitrogens with zero attached hydrogens (tertiary/aromatic N) is 1. The molecule has 2 aromatic carbocycles. The molecule has 28 heavy (non-hydrogen) atoms. The largest absolute Gasteiger partial charge is 0.507 e. The van der Waals surface area contributed by atoms with Crippen molar-refractivity contribution in [1.82, 2.24) is 0 Å². The van der Waals surface area contributed by atoms with Gasteiger partial charge in [0, 0.05) is 0 Å². The van der Waals surface area contributed by atoms with E-state index in [0.717, 1.165) is 11.1 Å². The molecule has 0 saturated heterocycles. The van der Waals surface area contributed by atoms with Crippen molar-refractivity contribution in [3.05, 3.63) is 51.2 Å². The Labute approximate surface area is 162 Å². The molecule has 146 valence electrons. The van der Waals surface area contributed by atoms with Crippen LogP contribution in [-0.4, -0.2) is 27.5 Å². The number of rotatable bonds is 5. The van der Waals surface area contributed by atoms with Crippen LogP contribution in [0.3, 0.4) is 0 Å². The Morgan fingerprint density at radius 2 is 1.89 bits per heavy atom. The Hall–Kier alpha value is -2.88. The van der Waals surface area contributed by atoms with E-state index in [9.17, 15) is 20.1 Å². The molecule has 3 N–H and O–H groups in total. The molecule has 0 aliphatic rings. The molecule has 0 amide bonds. The van der Waals surface area contributed by atoms with Crippen LogP contribution in [0.1, 0.15) is 30.0 Å². The second-order valence-corrected chi connectivity index (χ2v) is 7.33. The number of phenolic OH excluding ortho intramolecular Hbond substituents is 1. The molecular formula is C22H23NO5. The highest BCUT2D eigenvalue weighted by Gasteiger charge is 2.25. The number of benzene rings is 2. The monoisotopic (exact) mass is 381 g/mol. The van der Waals surface area contributed by atoms with Crippen LogP contribution < -0.4 is 5.43 Å². The first-order valence-electron chi connectivity index (χ1n) is 9.19. The summed E-state index contributed by atoms with van der Waals surface area (Å²) in [6.45, 7) is 5.15. The summed E-state index contributed by atoms with van der Waals surface area (Å²) in [5.74, 6) is -1.08. The lowest BCUT2D eigenvalue weighted by atomic mass is 9.91. The van der Waals surface area contributed by atoms with E-state index < -0.39 is 18.1 Å². The molecule has 3 unspecified atom stereocenters. The first kappa shape index (κ1) is 19.9. The Morgan fingerprint density at radius 3 is 2.54 bits per heavy atom. The average molecular weight is 381 g/mol. The quantitative estimate of drug-likeness (QED) is 0.585. The van der Waals surface area contributed by atoms with E-state index in [1.54, 1.807) is 25.1 Å². The van der Waals surface area contributed by atoms with E-state index in [2.05, 4.69) is 0 Å². The lowest BCUT2D eigenvalue weighted by Gasteiger charge is -2.20. The van der Waals surface area contributed by atoms with Gasteiger partial charge in [-0.25, -0.2) is 0 Å². The third kappa shape index (κ3) is 3.47. The Kier molecular flexibility index (Phi) is 5.41. The molecule has 1 heterocycles. The summed E-state index contributed by atoms with van der Waals surface area (Å²) >= 11 is 0. The second kappa shape index (κ2) is 7.63. The fourth-order valence-corrected chi connectivity index (χ4v) is 3.57. The lowest BCUT2D eigenvalue weighted by molar-refractivity contribution is 0.0457. The number of hydrogen-bond donors (Lipinski definition) is 3.